The van der Waals surface area contributed by atoms with Gasteiger partial charge in [-0.05, 0) is 36.3 Å². The van der Waals surface area contributed by atoms with E-state index in [2.05, 4.69) is 0 Å². The molecule has 80 valence electrons. The van der Waals surface area contributed by atoms with Crippen LogP contribution in [-0.2, 0) is 0 Å². The molecule has 0 spiro atoms. The van der Waals surface area contributed by atoms with E-state index in [-0.39, 0.29) is 5.78 Å². The second-order valence-electron chi connectivity index (χ2n) is 3.86. The Hall–Kier alpha value is -1.89. The summed E-state index contributed by atoms with van der Waals surface area (Å²) < 4.78 is 0. The van der Waals surface area contributed by atoms with Gasteiger partial charge in [-0.15, -0.1) is 0 Å². The van der Waals surface area contributed by atoms with E-state index in [4.69, 9.17) is 0 Å². The smallest absolute Gasteiger partial charge is 0.188 e. The van der Waals surface area contributed by atoms with E-state index in [0.29, 0.717) is 0 Å². The summed E-state index contributed by atoms with van der Waals surface area (Å²) in [6.45, 7) is 3.73. The lowest BCUT2D eigenvalue weighted by molar-refractivity contribution is 0.103. The zero-order valence-electron chi connectivity index (χ0n) is 9.53. The molecule has 0 heterocycles. The second-order valence-corrected chi connectivity index (χ2v) is 3.86. The summed E-state index contributed by atoms with van der Waals surface area (Å²) in [5.41, 5.74) is 1.55. The third-order valence-electron chi connectivity index (χ3n) is 2.80. The first-order valence-electron chi connectivity index (χ1n) is 5.39. The fourth-order valence-corrected chi connectivity index (χ4v) is 1.69. The van der Waals surface area contributed by atoms with Crippen LogP contribution in [0.2, 0.25) is 0 Å². The molecule has 0 N–H and O–H groups in total. The molecule has 1 heteroatoms. The fraction of sp³-hybridized carbons (Fsp3) is 0.133. The Bertz CT molecular complexity index is 564. The zero-order chi connectivity index (χ0) is 11.5. The number of benzene rings is 2. The van der Waals surface area contributed by atoms with Gasteiger partial charge in [0.1, 0.15) is 0 Å². The van der Waals surface area contributed by atoms with E-state index in [0.717, 1.165) is 21.9 Å². The largest absolute Gasteiger partial charge is 0.289 e. The van der Waals surface area contributed by atoms with Crippen LogP contribution in [0.5, 0.6) is 0 Å². The van der Waals surface area contributed by atoms with Crippen molar-refractivity contribution >= 4 is 16.6 Å². The van der Waals surface area contributed by atoms with Crippen molar-refractivity contribution in [1.29, 1.82) is 0 Å². The quantitative estimate of drug-likeness (QED) is 0.541. The molecule has 0 aromatic heterocycles. The molecule has 0 amide bonds. The van der Waals surface area contributed by atoms with Crippen molar-refractivity contribution in [3.8, 4) is 0 Å². The van der Waals surface area contributed by atoms with Crippen molar-refractivity contribution in [3.05, 3.63) is 59.7 Å². The standard InChI is InChI=1S/C15H14O/c1-3-11(2)15(16)14-9-8-12-6-4-5-7-13(12)10-14/h3-10H,1-2H3. The maximum absolute atomic E-state index is 12.0. The molecule has 0 radical (unpaired) electrons. The van der Waals surface area contributed by atoms with E-state index in [1.165, 1.54) is 0 Å². The highest BCUT2D eigenvalue weighted by Gasteiger charge is 2.07. The molecule has 0 aliphatic carbocycles. The number of Topliss-reactive ketones (excluding diaryl/α,β-unsaturated/α-hetero) is 1. The molecule has 0 atom stereocenters. The van der Waals surface area contributed by atoms with Crippen LogP contribution in [0, 0.1) is 0 Å². The van der Waals surface area contributed by atoms with Gasteiger partial charge in [-0.2, -0.15) is 0 Å². The Balaban J connectivity index is 2.51. The van der Waals surface area contributed by atoms with Gasteiger partial charge in [0, 0.05) is 5.56 Å². The van der Waals surface area contributed by atoms with Crippen molar-refractivity contribution in [2.45, 2.75) is 13.8 Å². The summed E-state index contributed by atoms with van der Waals surface area (Å²) in [5.74, 6) is 0.105. The molecule has 16 heavy (non-hydrogen) atoms. The van der Waals surface area contributed by atoms with Gasteiger partial charge in [0.05, 0.1) is 0 Å². The molecular weight excluding hydrogens is 196 g/mol. The Labute approximate surface area is 95.4 Å². The lowest BCUT2D eigenvalue weighted by Gasteiger charge is -2.03. The molecular formula is C15H14O. The van der Waals surface area contributed by atoms with E-state index in [1.54, 1.807) is 0 Å². The summed E-state index contributed by atoms with van der Waals surface area (Å²) in [4.78, 5) is 12.0. The molecule has 0 unspecified atom stereocenters. The molecule has 2 aromatic carbocycles. The fourth-order valence-electron chi connectivity index (χ4n) is 1.69. The summed E-state index contributed by atoms with van der Waals surface area (Å²) in [6, 6.07) is 13.9. The number of carbonyl (C=O) groups excluding carboxylic acids is 1. The lowest BCUT2D eigenvalue weighted by Crippen LogP contribution is -1.99. The first kappa shape index (κ1) is 10.6. The minimum atomic E-state index is 0.105. The van der Waals surface area contributed by atoms with Gasteiger partial charge in [-0.25, -0.2) is 0 Å². The van der Waals surface area contributed by atoms with Gasteiger partial charge in [0.2, 0.25) is 0 Å². The number of rotatable bonds is 2. The number of carbonyl (C=O) groups is 1. The average Bonchev–Trinajstić information content (AvgIpc) is 2.36. The van der Waals surface area contributed by atoms with E-state index >= 15 is 0 Å². The highest BCUT2D eigenvalue weighted by atomic mass is 16.1. The average molecular weight is 210 g/mol. The van der Waals surface area contributed by atoms with E-state index in [1.807, 2.05) is 62.4 Å². The van der Waals surface area contributed by atoms with E-state index < -0.39 is 0 Å². The Morgan fingerprint density at radius 3 is 2.44 bits per heavy atom. The second kappa shape index (κ2) is 4.31. The van der Waals surface area contributed by atoms with Gasteiger partial charge < -0.3 is 0 Å². The Morgan fingerprint density at radius 1 is 1.06 bits per heavy atom. The predicted molar refractivity (Wildman–Crippen MR) is 67.7 cm³/mol. The molecule has 0 aliphatic rings. The van der Waals surface area contributed by atoms with Crippen molar-refractivity contribution < 1.29 is 4.79 Å². The third kappa shape index (κ3) is 1.89. The Morgan fingerprint density at radius 2 is 1.75 bits per heavy atom. The van der Waals surface area contributed by atoms with Crippen LogP contribution in [0.25, 0.3) is 10.8 Å². The minimum Gasteiger partial charge on any atom is -0.289 e. The summed E-state index contributed by atoms with van der Waals surface area (Å²) in [6.07, 6.45) is 1.84. The van der Waals surface area contributed by atoms with Gasteiger partial charge in [0.25, 0.3) is 0 Å². The molecule has 0 saturated carbocycles. The monoisotopic (exact) mass is 210 g/mol. The Kier molecular flexibility index (Phi) is 2.86. The molecule has 0 aliphatic heterocycles. The van der Waals surface area contributed by atoms with Crippen LogP contribution in [0.4, 0.5) is 0 Å². The zero-order valence-corrected chi connectivity index (χ0v) is 9.53. The van der Waals surface area contributed by atoms with Crippen LogP contribution in [0.15, 0.2) is 54.1 Å². The molecule has 1 nitrogen and oxygen atoms in total. The van der Waals surface area contributed by atoms with E-state index in [9.17, 15) is 4.79 Å². The van der Waals surface area contributed by atoms with Gasteiger partial charge in [-0.3, -0.25) is 4.79 Å². The first-order chi connectivity index (χ1) is 7.72. The van der Waals surface area contributed by atoms with Crippen LogP contribution in [-0.4, -0.2) is 5.78 Å². The van der Waals surface area contributed by atoms with Crippen LogP contribution in [0.1, 0.15) is 24.2 Å². The van der Waals surface area contributed by atoms with Crippen molar-refractivity contribution in [2.24, 2.45) is 0 Å². The summed E-state index contributed by atoms with van der Waals surface area (Å²) in [5, 5.41) is 2.27. The third-order valence-corrected chi connectivity index (χ3v) is 2.80. The number of allylic oxidation sites excluding steroid dienone is 2. The number of hydrogen-bond acceptors (Lipinski definition) is 1. The maximum atomic E-state index is 12.0. The van der Waals surface area contributed by atoms with Crippen LogP contribution >= 0.6 is 0 Å². The molecule has 0 saturated heterocycles. The highest BCUT2D eigenvalue weighted by molar-refractivity contribution is 6.09. The molecule has 2 rings (SSSR count). The SMILES string of the molecule is CC=C(C)C(=O)c1ccc2ccccc2c1. The topological polar surface area (TPSA) is 17.1 Å². The van der Waals surface area contributed by atoms with Gasteiger partial charge in [0.15, 0.2) is 5.78 Å². The van der Waals surface area contributed by atoms with Crippen molar-refractivity contribution in [1.82, 2.24) is 0 Å². The lowest BCUT2D eigenvalue weighted by atomic mass is 10.0. The van der Waals surface area contributed by atoms with Crippen LogP contribution < -0.4 is 0 Å². The van der Waals surface area contributed by atoms with Crippen LogP contribution in [0.3, 0.4) is 0 Å². The predicted octanol–water partition coefficient (Wildman–Crippen LogP) is 3.99. The molecule has 0 fully saturated rings. The molecule has 0 bridgehead atoms. The molecule has 2 aromatic rings. The number of hydrogen-bond donors (Lipinski definition) is 0. The summed E-state index contributed by atoms with van der Waals surface area (Å²) >= 11 is 0. The maximum Gasteiger partial charge on any atom is 0.188 e. The first-order valence-corrected chi connectivity index (χ1v) is 5.39. The minimum absolute atomic E-state index is 0.105. The highest BCUT2D eigenvalue weighted by Crippen LogP contribution is 2.17. The normalized spacial score (nSPS) is 11.8. The van der Waals surface area contributed by atoms with Gasteiger partial charge in [-0.1, -0.05) is 42.5 Å². The number of ketones is 1. The van der Waals surface area contributed by atoms with Crippen molar-refractivity contribution in [2.75, 3.05) is 0 Å². The number of fused-ring (bicyclic) bond motifs is 1. The van der Waals surface area contributed by atoms with Crippen molar-refractivity contribution in [3.63, 3.8) is 0 Å². The van der Waals surface area contributed by atoms with Gasteiger partial charge >= 0.3 is 0 Å². The summed E-state index contributed by atoms with van der Waals surface area (Å²) in [7, 11) is 0.